The van der Waals surface area contributed by atoms with Gasteiger partial charge in [-0.1, -0.05) is 17.3 Å². The Hall–Kier alpha value is -3.65. The number of benzene rings is 2. The lowest BCUT2D eigenvalue weighted by Crippen LogP contribution is -2.08. The third-order valence-corrected chi connectivity index (χ3v) is 7.55. The molecule has 186 valence electrons. The van der Waals surface area contributed by atoms with Crippen molar-refractivity contribution in [2.45, 2.75) is 38.7 Å². The predicted octanol–water partition coefficient (Wildman–Crippen LogP) is 7.07. The Morgan fingerprint density at radius 2 is 2.06 bits per heavy atom. The van der Waals surface area contributed by atoms with Gasteiger partial charge < -0.3 is 19.1 Å². The van der Waals surface area contributed by atoms with Crippen LogP contribution in [0.15, 0.2) is 58.4 Å². The van der Waals surface area contributed by atoms with E-state index in [-0.39, 0.29) is 24.5 Å². The zero-order chi connectivity index (χ0) is 25.2. The van der Waals surface area contributed by atoms with Crippen molar-refractivity contribution >= 4 is 17.3 Å². The van der Waals surface area contributed by atoms with Gasteiger partial charge in [0.25, 0.3) is 0 Å². The minimum atomic E-state index is -0.797. The summed E-state index contributed by atoms with van der Waals surface area (Å²) in [6, 6.07) is 14.1. The number of carbonyl (C=O) groups is 1. The molecule has 4 aromatic rings. The van der Waals surface area contributed by atoms with Crippen molar-refractivity contribution in [3.8, 4) is 33.3 Å². The average molecular weight is 508 g/mol. The van der Waals surface area contributed by atoms with Crippen LogP contribution in [0.25, 0.3) is 21.8 Å². The van der Waals surface area contributed by atoms with Gasteiger partial charge >= 0.3 is 5.97 Å². The maximum absolute atomic E-state index is 14.8. The Morgan fingerprint density at radius 3 is 2.75 bits per heavy atom. The molecule has 0 amide bonds. The molecule has 1 atom stereocenters. The number of rotatable bonds is 10. The van der Waals surface area contributed by atoms with E-state index in [9.17, 15) is 14.3 Å². The fourth-order valence-electron chi connectivity index (χ4n) is 4.50. The summed E-state index contributed by atoms with van der Waals surface area (Å²) in [5, 5.41) is 15.6. The van der Waals surface area contributed by atoms with E-state index < -0.39 is 11.8 Å². The smallest absolute Gasteiger partial charge is 0.303 e. The number of carboxylic acids is 1. The average Bonchev–Trinajstić information content (AvgIpc) is 3.50. The van der Waals surface area contributed by atoms with Crippen molar-refractivity contribution in [3.05, 3.63) is 76.5 Å². The first-order chi connectivity index (χ1) is 17.4. The molecule has 0 bridgehead atoms. The molecule has 1 saturated carbocycles. The molecule has 1 aliphatic rings. The third kappa shape index (κ3) is 4.99. The number of aryl methyl sites for hydroxylation is 1. The van der Waals surface area contributed by atoms with Crippen LogP contribution in [0.2, 0.25) is 0 Å². The molecule has 1 fully saturated rings. The summed E-state index contributed by atoms with van der Waals surface area (Å²) in [6.07, 6.45) is 2.21. The number of hydrogen-bond acceptors (Lipinski definition) is 6. The van der Waals surface area contributed by atoms with Gasteiger partial charge in [-0.25, -0.2) is 4.39 Å². The van der Waals surface area contributed by atoms with Crippen LogP contribution in [0.4, 0.5) is 4.39 Å². The SMILES string of the molecule is COc1ccc(F)c(-c2onc(COc3cccc([C@@H](CC(=O)O)C4CC4)c3)c2-c2sccc2C)c1. The quantitative estimate of drug-likeness (QED) is 0.247. The van der Waals surface area contributed by atoms with Crippen LogP contribution >= 0.6 is 11.3 Å². The van der Waals surface area contributed by atoms with Crippen LogP contribution in [0.5, 0.6) is 11.5 Å². The van der Waals surface area contributed by atoms with Gasteiger partial charge in [0, 0.05) is 4.88 Å². The largest absolute Gasteiger partial charge is 0.497 e. The molecule has 1 aliphatic carbocycles. The number of nitrogens with zero attached hydrogens (tertiary/aromatic N) is 1. The van der Waals surface area contributed by atoms with Gasteiger partial charge in [0.2, 0.25) is 0 Å². The Kier molecular flexibility index (Phi) is 6.78. The van der Waals surface area contributed by atoms with Gasteiger partial charge in [0.15, 0.2) is 5.76 Å². The van der Waals surface area contributed by atoms with E-state index in [1.807, 2.05) is 42.6 Å². The van der Waals surface area contributed by atoms with Crippen LogP contribution in [-0.4, -0.2) is 23.3 Å². The lowest BCUT2D eigenvalue weighted by Gasteiger charge is -2.16. The Bertz CT molecular complexity index is 1390. The normalized spacial score (nSPS) is 14.0. The Balaban J connectivity index is 1.46. The molecule has 2 heterocycles. The molecule has 5 rings (SSSR count). The molecule has 2 aromatic heterocycles. The highest BCUT2D eigenvalue weighted by Gasteiger charge is 2.34. The molecule has 0 radical (unpaired) electrons. The summed E-state index contributed by atoms with van der Waals surface area (Å²) in [7, 11) is 1.53. The molecule has 6 nitrogen and oxygen atoms in total. The van der Waals surface area contributed by atoms with Gasteiger partial charge in [-0.2, -0.15) is 0 Å². The van der Waals surface area contributed by atoms with E-state index in [0.717, 1.165) is 28.8 Å². The molecular weight excluding hydrogens is 481 g/mol. The first kappa shape index (κ1) is 24.1. The molecule has 2 aromatic carbocycles. The first-order valence-corrected chi connectivity index (χ1v) is 12.6. The van der Waals surface area contributed by atoms with Crippen LogP contribution < -0.4 is 9.47 Å². The molecule has 0 aliphatic heterocycles. The van der Waals surface area contributed by atoms with Crippen molar-refractivity contribution in [3.63, 3.8) is 0 Å². The summed E-state index contributed by atoms with van der Waals surface area (Å²) in [5.74, 6) is 0.596. The molecule has 0 spiro atoms. The molecule has 1 N–H and O–H groups in total. The number of ether oxygens (including phenoxy) is 2. The number of halogens is 1. The van der Waals surface area contributed by atoms with E-state index in [4.69, 9.17) is 14.0 Å². The van der Waals surface area contributed by atoms with Crippen LogP contribution in [0.1, 0.15) is 42.0 Å². The van der Waals surface area contributed by atoms with Crippen molar-refractivity contribution in [2.75, 3.05) is 7.11 Å². The number of thiophene rings is 1. The molecular formula is C28H26FNO5S. The number of methoxy groups -OCH3 is 1. The Morgan fingerprint density at radius 1 is 1.22 bits per heavy atom. The number of hydrogen-bond donors (Lipinski definition) is 1. The minimum absolute atomic E-state index is 0.0231. The number of aromatic nitrogens is 1. The van der Waals surface area contributed by atoms with Crippen LogP contribution in [0, 0.1) is 18.7 Å². The van der Waals surface area contributed by atoms with Gasteiger partial charge in [-0.05, 0) is 84.5 Å². The van der Waals surface area contributed by atoms with Gasteiger partial charge in [-0.3, -0.25) is 4.79 Å². The zero-order valence-electron chi connectivity index (χ0n) is 20.0. The number of carboxylic acid groups (broad SMARTS) is 1. The van der Waals surface area contributed by atoms with E-state index in [1.165, 1.54) is 24.5 Å². The molecule has 0 unspecified atom stereocenters. The third-order valence-electron chi connectivity index (χ3n) is 6.52. The van der Waals surface area contributed by atoms with Gasteiger partial charge in [-0.15, -0.1) is 11.3 Å². The highest BCUT2D eigenvalue weighted by atomic mass is 32.1. The minimum Gasteiger partial charge on any atom is -0.497 e. The molecule has 36 heavy (non-hydrogen) atoms. The predicted molar refractivity (Wildman–Crippen MR) is 135 cm³/mol. The maximum Gasteiger partial charge on any atom is 0.303 e. The summed E-state index contributed by atoms with van der Waals surface area (Å²) < 4.78 is 31.9. The van der Waals surface area contributed by atoms with E-state index in [1.54, 1.807) is 12.1 Å². The second kappa shape index (κ2) is 10.1. The highest BCUT2D eigenvalue weighted by molar-refractivity contribution is 7.13. The topological polar surface area (TPSA) is 81.8 Å². The summed E-state index contributed by atoms with van der Waals surface area (Å²) >= 11 is 1.53. The lowest BCUT2D eigenvalue weighted by atomic mass is 9.91. The molecule has 8 heteroatoms. The summed E-state index contributed by atoms with van der Waals surface area (Å²) in [5.41, 5.74) is 3.49. The monoisotopic (exact) mass is 507 g/mol. The van der Waals surface area contributed by atoms with Gasteiger partial charge in [0.05, 0.1) is 24.7 Å². The Labute approximate surface area is 212 Å². The van der Waals surface area contributed by atoms with Crippen molar-refractivity contribution in [2.24, 2.45) is 5.92 Å². The standard InChI is InChI=1S/C28H26FNO5S/c1-16-10-11-36-28(16)26-24(30-35-27(26)22-13-19(33-2)8-9-23(22)29)15-34-20-5-3-4-18(12-20)21(14-25(31)32)17-6-7-17/h3-5,8-13,17,21H,6-7,14-15H2,1-2H3,(H,31,32)/t21-/m0/s1. The van der Waals surface area contributed by atoms with E-state index in [2.05, 4.69) is 5.16 Å². The fourth-order valence-corrected chi connectivity index (χ4v) is 5.49. The zero-order valence-corrected chi connectivity index (χ0v) is 20.8. The highest BCUT2D eigenvalue weighted by Crippen LogP contribution is 2.45. The fraction of sp³-hybridized carbons (Fsp3) is 0.286. The maximum atomic E-state index is 14.8. The molecule has 0 saturated heterocycles. The van der Waals surface area contributed by atoms with Crippen molar-refractivity contribution < 1.29 is 28.3 Å². The number of aliphatic carboxylic acids is 1. The van der Waals surface area contributed by atoms with Gasteiger partial charge in [0.1, 0.15) is 29.6 Å². The van der Waals surface area contributed by atoms with Crippen molar-refractivity contribution in [1.82, 2.24) is 5.16 Å². The van der Waals surface area contributed by atoms with Crippen LogP contribution in [0.3, 0.4) is 0 Å². The van der Waals surface area contributed by atoms with Crippen molar-refractivity contribution in [1.29, 1.82) is 0 Å². The van der Waals surface area contributed by atoms with E-state index in [0.29, 0.717) is 34.4 Å². The second-order valence-electron chi connectivity index (χ2n) is 9.01. The van der Waals surface area contributed by atoms with Crippen LogP contribution in [-0.2, 0) is 11.4 Å². The second-order valence-corrected chi connectivity index (χ2v) is 9.93. The summed E-state index contributed by atoms with van der Waals surface area (Å²) in [4.78, 5) is 12.3. The first-order valence-electron chi connectivity index (χ1n) is 11.8. The summed E-state index contributed by atoms with van der Waals surface area (Å²) in [6.45, 7) is 2.09. The lowest BCUT2D eigenvalue weighted by molar-refractivity contribution is -0.137. The van der Waals surface area contributed by atoms with E-state index >= 15 is 0 Å².